The Kier molecular flexibility index (Phi) is 11.4. The van der Waals surface area contributed by atoms with Gasteiger partial charge in [-0.2, -0.15) is 0 Å². The van der Waals surface area contributed by atoms with Gasteiger partial charge in [0, 0.05) is 31.0 Å². The van der Waals surface area contributed by atoms with Crippen molar-refractivity contribution >= 4 is 18.2 Å². The summed E-state index contributed by atoms with van der Waals surface area (Å²) in [7, 11) is 1.91. The van der Waals surface area contributed by atoms with Crippen LogP contribution in [-0.4, -0.2) is 61.0 Å². The van der Waals surface area contributed by atoms with E-state index in [1.807, 2.05) is 27.8 Å². The predicted octanol–water partition coefficient (Wildman–Crippen LogP) is 2.10. The zero-order chi connectivity index (χ0) is 21.1. The van der Waals surface area contributed by atoms with Gasteiger partial charge in [0.25, 0.3) is 0 Å². The third-order valence-corrected chi connectivity index (χ3v) is 4.70. The second kappa shape index (κ2) is 12.1. The summed E-state index contributed by atoms with van der Waals surface area (Å²) < 4.78 is 5.94. The number of amides is 3. The molecule has 0 aromatic rings. The molecule has 7 nitrogen and oxygen atoms in total. The molecule has 0 aromatic carbocycles. The normalized spacial score (nSPS) is 13.1. The van der Waals surface area contributed by atoms with Crippen molar-refractivity contribution in [1.82, 2.24) is 15.5 Å². The maximum Gasteiger partial charge on any atom is 0.231 e. The first-order valence-corrected chi connectivity index (χ1v) is 9.83. The molecule has 0 aromatic heterocycles. The highest BCUT2D eigenvalue weighted by Crippen LogP contribution is 2.17. The van der Waals surface area contributed by atoms with Gasteiger partial charge in [-0.05, 0) is 60.5 Å². The second-order valence-electron chi connectivity index (χ2n) is 8.34. The smallest absolute Gasteiger partial charge is 0.231 e. The van der Waals surface area contributed by atoms with E-state index in [2.05, 4.69) is 24.5 Å². The molecule has 0 saturated carbocycles. The van der Waals surface area contributed by atoms with Gasteiger partial charge in [-0.3, -0.25) is 19.3 Å². The maximum absolute atomic E-state index is 12.2. The molecule has 0 spiro atoms. The van der Waals surface area contributed by atoms with Crippen molar-refractivity contribution in [3.63, 3.8) is 0 Å². The van der Waals surface area contributed by atoms with Crippen molar-refractivity contribution < 1.29 is 19.1 Å². The Morgan fingerprint density at radius 3 is 2.33 bits per heavy atom. The van der Waals surface area contributed by atoms with Crippen molar-refractivity contribution in [1.29, 1.82) is 0 Å². The number of hydrogen-bond acceptors (Lipinski definition) is 5. The van der Waals surface area contributed by atoms with E-state index in [-0.39, 0.29) is 36.3 Å². The molecule has 7 heteroatoms. The number of imide groups is 1. The molecule has 0 saturated heterocycles. The van der Waals surface area contributed by atoms with Gasteiger partial charge in [-0.25, -0.2) is 0 Å². The molecule has 0 rings (SSSR count). The van der Waals surface area contributed by atoms with Crippen LogP contribution in [0.3, 0.4) is 0 Å². The summed E-state index contributed by atoms with van der Waals surface area (Å²) in [6.45, 7) is 13.2. The highest BCUT2D eigenvalue weighted by Gasteiger charge is 2.24. The third-order valence-electron chi connectivity index (χ3n) is 4.70. The first-order chi connectivity index (χ1) is 12.5. The largest absolute Gasteiger partial charge is 0.375 e. The summed E-state index contributed by atoms with van der Waals surface area (Å²) >= 11 is 0. The van der Waals surface area contributed by atoms with Crippen molar-refractivity contribution in [2.45, 2.75) is 78.4 Å². The molecule has 0 heterocycles. The minimum Gasteiger partial charge on any atom is -0.375 e. The maximum atomic E-state index is 12.2. The molecule has 0 fully saturated rings. The fraction of sp³-hybridized carbons (Fsp3) is 0.850. The minimum atomic E-state index is -0.428. The number of ether oxygens (including phenoxy) is 1. The van der Waals surface area contributed by atoms with Crippen LogP contribution in [0.1, 0.15) is 67.2 Å². The van der Waals surface area contributed by atoms with Crippen molar-refractivity contribution in [3.05, 3.63) is 0 Å². The lowest BCUT2D eigenvalue weighted by Crippen LogP contribution is -2.46. The van der Waals surface area contributed by atoms with E-state index in [1.165, 1.54) is 0 Å². The molecule has 3 amide bonds. The molecule has 1 atom stereocenters. The van der Waals surface area contributed by atoms with Crippen LogP contribution in [0.15, 0.2) is 0 Å². The number of carbonyl (C=O) groups excluding carboxylic acids is 3. The molecule has 27 heavy (non-hydrogen) atoms. The lowest BCUT2D eigenvalue weighted by Gasteiger charge is -2.30. The Morgan fingerprint density at radius 2 is 1.81 bits per heavy atom. The topological polar surface area (TPSA) is 87.7 Å². The Morgan fingerprint density at radius 1 is 1.19 bits per heavy atom. The van der Waals surface area contributed by atoms with Crippen LogP contribution in [0.2, 0.25) is 0 Å². The Balaban J connectivity index is 4.37. The highest BCUT2D eigenvalue weighted by atomic mass is 16.5. The Labute approximate surface area is 164 Å². The van der Waals surface area contributed by atoms with Gasteiger partial charge >= 0.3 is 0 Å². The van der Waals surface area contributed by atoms with E-state index in [0.717, 1.165) is 17.9 Å². The first-order valence-electron chi connectivity index (χ1n) is 9.83. The van der Waals surface area contributed by atoms with Gasteiger partial charge in [0.2, 0.25) is 18.2 Å². The fourth-order valence-electron chi connectivity index (χ4n) is 2.48. The molecule has 1 unspecified atom stereocenters. The minimum absolute atomic E-state index is 0.0961. The summed E-state index contributed by atoms with van der Waals surface area (Å²) in [6, 6.07) is 0. The van der Waals surface area contributed by atoms with E-state index in [4.69, 9.17) is 4.74 Å². The number of rotatable bonds is 14. The first kappa shape index (κ1) is 25.5. The van der Waals surface area contributed by atoms with Crippen LogP contribution < -0.4 is 10.6 Å². The monoisotopic (exact) mass is 385 g/mol. The van der Waals surface area contributed by atoms with Gasteiger partial charge in [0.15, 0.2) is 0 Å². The van der Waals surface area contributed by atoms with E-state index in [9.17, 15) is 14.4 Å². The molecule has 0 radical (unpaired) electrons. The van der Waals surface area contributed by atoms with Crippen LogP contribution >= 0.6 is 0 Å². The molecule has 0 aliphatic carbocycles. The SMILES string of the molecule is CCC(C)C(=O)N(C=O)CCC(=O)NC(C)(C)CCOC(C)(C)CCNC. The molecular weight excluding hydrogens is 346 g/mol. The van der Waals surface area contributed by atoms with Crippen LogP contribution in [0.4, 0.5) is 0 Å². The number of carbonyl (C=O) groups is 3. The third kappa shape index (κ3) is 11.1. The summed E-state index contributed by atoms with van der Waals surface area (Å²) in [5.41, 5.74) is -0.646. The van der Waals surface area contributed by atoms with Gasteiger partial charge < -0.3 is 15.4 Å². The molecule has 2 N–H and O–H groups in total. The van der Waals surface area contributed by atoms with Crippen molar-refractivity contribution in [2.24, 2.45) is 5.92 Å². The second-order valence-corrected chi connectivity index (χ2v) is 8.34. The number of hydrogen-bond donors (Lipinski definition) is 2. The van der Waals surface area contributed by atoms with Gasteiger partial charge in [-0.1, -0.05) is 13.8 Å². The Bertz CT molecular complexity index is 478. The van der Waals surface area contributed by atoms with Gasteiger partial charge in [-0.15, -0.1) is 0 Å². The summed E-state index contributed by atoms with van der Waals surface area (Å²) in [5, 5.41) is 6.08. The summed E-state index contributed by atoms with van der Waals surface area (Å²) in [4.78, 5) is 36.5. The summed E-state index contributed by atoms with van der Waals surface area (Å²) in [6.07, 6.45) is 2.84. The van der Waals surface area contributed by atoms with E-state index in [1.54, 1.807) is 6.92 Å². The van der Waals surface area contributed by atoms with Crippen LogP contribution in [-0.2, 0) is 19.1 Å². The quantitative estimate of drug-likeness (QED) is 0.447. The van der Waals surface area contributed by atoms with Crippen LogP contribution in [0.5, 0.6) is 0 Å². The van der Waals surface area contributed by atoms with Crippen molar-refractivity contribution in [3.8, 4) is 0 Å². The molecule has 158 valence electrons. The van der Waals surface area contributed by atoms with Crippen LogP contribution in [0, 0.1) is 5.92 Å². The standard InChI is InChI=1S/C20H39N3O4/c1-8-16(2)18(26)23(15-24)13-9-17(25)22-19(3,4)11-14-27-20(5,6)10-12-21-7/h15-16,21H,8-14H2,1-7H3,(H,22,25). The molecular formula is C20H39N3O4. The Hall–Kier alpha value is -1.47. The highest BCUT2D eigenvalue weighted by molar-refractivity contribution is 5.88. The lowest BCUT2D eigenvalue weighted by atomic mass is 10.00. The fourth-order valence-corrected chi connectivity index (χ4v) is 2.48. The average molecular weight is 386 g/mol. The zero-order valence-corrected chi connectivity index (χ0v) is 18.2. The molecule has 0 bridgehead atoms. The van der Waals surface area contributed by atoms with Gasteiger partial charge in [0.1, 0.15) is 0 Å². The van der Waals surface area contributed by atoms with Crippen molar-refractivity contribution in [2.75, 3.05) is 26.7 Å². The zero-order valence-electron chi connectivity index (χ0n) is 18.2. The predicted molar refractivity (Wildman–Crippen MR) is 107 cm³/mol. The van der Waals surface area contributed by atoms with E-state index in [0.29, 0.717) is 25.9 Å². The average Bonchev–Trinajstić information content (AvgIpc) is 2.58. The number of nitrogens with zero attached hydrogens (tertiary/aromatic N) is 1. The molecule has 0 aliphatic rings. The van der Waals surface area contributed by atoms with E-state index >= 15 is 0 Å². The summed E-state index contributed by atoms with van der Waals surface area (Å²) in [5.74, 6) is -0.645. The lowest BCUT2D eigenvalue weighted by molar-refractivity contribution is -0.141. The van der Waals surface area contributed by atoms with Crippen LogP contribution in [0.25, 0.3) is 0 Å². The molecule has 0 aliphatic heterocycles. The van der Waals surface area contributed by atoms with E-state index < -0.39 is 5.54 Å². The number of nitrogens with one attached hydrogen (secondary N) is 2. The van der Waals surface area contributed by atoms with Gasteiger partial charge in [0.05, 0.1) is 5.60 Å².